The molecule has 0 aliphatic carbocycles. The number of rotatable bonds is 9. The topological polar surface area (TPSA) is 95.8 Å². The summed E-state index contributed by atoms with van der Waals surface area (Å²) in [4.78, 5) is 29.4. The number of benzene rings is 12. The Kier molecular flexibility index (Phi) is 17.1. The van der Waals surface area contributed by atoms with Crippen molar-refractivity contribution in [3.8, 4) is 90.6 Å². The Hall–Kier alpha value is -9.74. The van der Waals surface area contributed by atoms with Gasteiger partial charge in [-0.25, -0.2) is 29.9 Å². The number of hydrogen-bond donors (Lipinski definition) is 0. The maximum absolute atomic E-state index is 6.26. The second-order valence-corrected chi connectivity index (χ2v) is 30.1. The minimum Gasteiger partial charge on any atom is -0.399 e. The van der Waals surface area contributed by atoms with E-state index >= 15 is 0 Å². The van der Waals surface area contributed by atoms with E-state index in [1.807, 2.05) is 149 Å². The molecule has 0 amide bonds. The van der Waals surface area contributed by atoms with Gasteiger partial charge in [-0.1, -0.05) is 244 Å². The Balaban J connectivity index is 0.000000130. The molecule has 6 heterocycles. The third kappa shape index (κ3) is 12.5. The first-order chi connectivity index (χ1) is 47.8. The number of thiophene rings is 3. The fourth-order valence-electron chi connectivity index (χ4n) is 12.6. The van der Waals surface area contributed by atoms with Crippen molar-refractivity contribution in [1.29, 1.82) is 0 Å². The van der Waals surface area contributed by atoms with Gasteiger partial charge in [0.2, 0.25) is 0 Å². The quantitative estimate of drug-likeness (QED) is 0.132. The largest absolute Gasteiger partial charge is 0.495 e. The van der Waals surface area contributed by atoms with Crippen molar-refractivity contribution in [2.75, 3.05) is 0 Å². The molecule has 1 saturated heterocycles. The fourth-order valence-corrected chi connectivity index (χ4v) is 17.3. The highest BCUT2D eigenvalue weighted by atomic mass is 79.9. The molecule has 0 unspecified atom stereocenters. The molecule has 472 valence electrons. The molecule has 0 bridgehead atoms. The lowest BCUT2D eigenvalue weighted by Crippen LogP contribution is -2.41. The van der Waals surface area contributed by atoms with Gasteiger partial charge in [0, 0.05) is 97.5 Å². The Morgan fingerprint density at radius 3 is 0.939 bits per heavy atom. The first kappa shape index (κ1) is 63.0. The molecule has 1 fully saturated rings. The Labute approximate surface area is 596 Å². The standard InChI is InChI=1S/C45H27N3S2.C21H13Br2N3.C18H19BO2S/c1-3-13-28(14-4-1)43-46-44(29-15-5-2-6-16-29)48-45(47-43)32-26-30(33-19-11-23-39-41(33)35-17-7-9-21-37(35)49-39)25-31(27-32)34-20-12-24-40-42(34)36-18-8-10-22-38(36)50-40;22-17-11-16(12-18(23)13-17)21-25-19(14-7-3-1-4-8-14)24-20(26-21)15-9-5-2-6-10-15;1-17(2)18(3,4)21-19(20-17)13-9-7-11-15-16(13)12-8-5-6-10-14(12)22-15/h1-27H;1-13H;5-11H,1-4H3. The highest BCUT2D eigenvalue weighted by molar-refractivity contribution is 9.11. The van der Waals surface area contributed by atoms with E-state index in [4.69, 9.17) is 39.2 Å². The molecule has 18 rings (SSSR count). The van der Waals surface area contributed by atoms with Crippen LogP contribution < -0.4 is 5.46 Å². The zero-order chi connectivity index (χ0) is 66.5. The predicted molar refractivity (Wildman–Crippen MR) is 419 cm³/mol. The average molecular weight is 1450 g/mol. The van der Waals surface area contributed by atoms with Gasteiger partial charge in [-0.15, -0.1) is 34.0 Å². The average Bonchev–Trinajstić information content (AvgIpc) is 1.52. The SMILES string of the molecule is Brc1cc(Br)cc(-c2nc(-c3ccccc3)nc(-c3ccccc3)n2)c1.CC1(C)OB(c2cccc3sc4ccccc4c23)OC1(C)C.c1ccc(-c2nc(-c3ccccc3)nc(-c3cc(-c4cccc5sc6ccccc6c45)cc(-c4cccc5sc6ccccc6c45)c3)n2)cc1. The van der Waals surface area contributed by atoms with Gasteiger partial charge in [-0.2, -0.15) is 0 Å². The summed E-state index contributed by atoms with van der Waals surface area (Å²) < 4.78 is 22.2. The van der Waals surface area contributed by atoms with Crippen molar-refractivity contribution in [1.82, 2.24) is 29.9 Å². The first-order valence-electron chi connectivity index (χ1n) is 32.3. The maximum atomic E-state index is 6.26. The molecule has 12 aromatic carbocycles. The molecule has 0 N–H and O–H groups in total. The van der Waals surface area contributed by atoms with Crippen LogP contribution in [0.2, 0.25) is 0 Å². The van der Waals surface area contributed by atoms with Gasteiger partial charge in [0.15, 0.2) is 34.9 Å². The van der Waals surface area contributed by atoms with Crippen molar-refractivity contribution in [2.24, 2.45) is 0 Å². The van der Waals surface area contributed by atoms with Gasteiger partial charge in [0.05, 0.1) is 11.2 Å². The fraction of sp³-hybridized carbons (Fsp3) is 0.0714. The Morgan fingerprint density at radius 1 is 0.276 bits per heavy atom. The van der Waals surface area contributed by atoms with E-state index in [0.29, 0.717) is 34.9 Å². The Bertz CT molecular complexity index is 5550. The van der Waals surface area contributed by atoms with Crippen LogP contribution in [0.4, 0.5) is 0 Å². The van der Waals surface area contributed by atoms with Crippen molar-refractivity contribution < 1.29 is 9.31 Å². The van der Waals surface area contributed by atoms with Crippen molar-refractivity contribution in [3.63, 3.8) is 0 Å². The molecule has 98 heavy (non-hydrogen) atoms. The van der Waals surface area contributed by atoms with Crippen LogP contribution in [0.15, 0.2) is 294 Å². The zero-order valence-electron chi connectivity index (χ0n) is 53.7. The van der Waals surface area contributed by atoms with E-state index in [9.17, 15) is 0 Å². The van der Waals surface area contributed by atoms with Crippen LogP contribution in [0.1, 0.15) is 27.7 Å². The summed E-state index contributed by atoms with van der Waals surface area (Å²) in [6.45, 7) is 8.38. The molecule has 17 aromatic rings. The third-order valence-corrected chi connectivity index (χ3v) is 22.4. The molecule has 0 saturated carbocycles. The summed E-state index contributed by atoms with van der Waals surface area (Å²) in [5.41, 5.74) is 10.9. The van der Waals surface area contributed by atoms with Gasteiger partial charge in [0.1, 0.15) is 0 Å². The second kappa shape index (κ2) is 26.6. The van der Waals surface area contributed by atoms with E-state index in [-0.39, 0.29) is 18.3 Å². The highest BCUT2D eigenvalue weighted by Crippen LogP contribution is 2.46. The van der Waals surface area contributed by atoms with Gasteiger partial charge in [0.25, 0.3) is 0 Å². The lowest BCUT2D eigenvalue weighted by molar-refractivity contribution is 0.00578. The molecule has 14 heteroatoms. The summed E-state index contributed by atoms with van der Waals surface area (Å²) >= 11 is 12.6. The van der Waals surface area contributed by atoms with Crippen molar-refractivity contribution in [3.05, 3.63) is 294 Å². The van der Waals surface area contributed by atoms with Gasteiger partial charge >= 0.3 is 7.12 Å². The molecule has 8 nitrogen and oxygen atoms in total. The number of halogens is 2. The van der Waals surface area contributed by atoms with E-state index in [1.54, 1.807) is 0 Å². The highest BCUT2D eigenvalue weighted by Gasteiger charge is 2.52. The summed E-state index contributed by atoms with van der Waals surface area (Å²) in [5.74, 6) is 3.90. The van der Waals surface area contributed by atoms with Gasteiger partial charge in [-0.3, -0.25) is 0 Å². The van der Waals surface area contributed by atoms with Gasteiger partial charge in [-0.05, 0) is 134 Å². The van der Waals surface area contributed by atoms with Crippen molar-refractivity contribution in [2.45, 2.75) is 38.9 Å². The first-order valence-corrected chi connectivity index (χ1v) is 36.3. The molecule has 1 aliphatic rings. The molecule has 0 radical (unpaired) electrons. The third-order valence-electron chi connectivity index (χ3n) is 18.1. The molecule has 0 atom stereocenters. The smallest absolute Gasteiger partial charge is 0.399 e. The summed E-state index contributed by atoms with van der Waals surface area (Å²) in [6, 6.07) is 98.8. The molecular weight excluding hydrogens is 1390 g/mol. The lowest BCUT2D eigenvalue weighted by atomic mass is 9.76. The number of hydrogen-bond acceptors (Lipinski definition) is 11. The number of nitrogens with zero attached hydrogens (tertiary/aromatic N) is 6. The zero-order valence-corrected chi connectivity index (χ0v) is 59.3. The normalized spacial score (nSPS) is 13.3. The summed E-state index contributed by atoms with van der Waals surface area (Å²) in [5, 5.41) is 7.66. The molecule has 1 aliphatic heterocycles. The molecular formula is C84H59BBr2N6O2S3. The minimum absolute atomic E-state index is 0.313. The van der Waals surface area contributed by atoms with Gasteiger partial charge < -0.3 is 9.31 Å². The van der Waals surface area contributed by atoms with E-state index < -0.39 is 0 Å². The van der Waals surface area contributed by atoms with Crippen LogP contribution in [-0.4, -0.2) is 48.2 Å². The second-order valence-electron chi connectivity index (χ2n) is 25.0. The van der Waals surface area contributed by atoms with Crippen LogP contribution in [0.3, 0.4) is 0 Å². The van der Waals surface area contributed by atoms with Crippen LogP contribution >= 0.6 is 65.9 Å². The number of fused-ring (bicyclic) bond motifs is 9. The lowest BCUT2D eigenvalue weighted by Gasteiger charge is -2.32. The Morgan fingerprint density at radius 2 is 0.561 bits per heavy atom. The van der Waals surface area contributed by atoms with Crippen LogP contribution in [0.5, 0.6) is 0 Å². The van der Waals surface area contributed by atoms with Crippen LogP contribution in [0, 0.1) is 0 Å². The minimum atomic E-state index is -0.314. The molecule has 0 spiro atoms. The van der Waals surface area contributed by atoms with Crippen molar-refractivity contribution >= 4 is 139 Å². The van der Waals surface area contributed by atoms with Crippen LogP contribution in [0.25, 0.3) is 151 Å². The maximum Gasteiger partial charge on any atom is 0.495 e. The summed E-state index contributed by atoms with van der Waals surface area (Å²) in [6.07, 6.45) is 0. The number of aromatic nitrogens is 6. The van der Waals surface area contributed by atoms with Crippen LogP contribution in [-0.2, 0) is 9.31 Å². The summed E-state index contributed by atoms with van der Waals surface area (Å²) in [7, 11) is -0.313. The van der Waals surface area contributed by atoms with E-state index in [2.05, 4.69) is 229 Å². The van der Waals surface area contributed by atoms with E-state index in [1.165, 1.54) is 71.6 Å². The monoisotopic (exact) mass is 1450 g/mol. The predicted octanol–water partition coefficient (Wildman–Crippen LogP) is 23.7. The van der Waals surface area contributed by atoms with E-state index in [0.717, 1.165) is 58.9 Å². The molecule has 5 aromatic heterocycles.